The number of ether oxygens (including phenoxy) is 1. The van der Waals surface area contributed by atoms with E-state index in [2.05, 4.69) is 12.2 Å². The molecular formula is C14H29NO2. The topological polar surface area (TPSA) is 41.5 Å². The summed E-state index contributed by atoms with van der Waals surface area (Å²) in [4.78, 5) is 0. The molecule has 0 heterocycles. The Morgan fingerprint density at radius 2 is 1.88 bits per heavy atom. The molecule has 0 radical (unpaired) electrons. The molecular weight excluding hydrogens is 214 g/mol. The quantitative estimate of drug-likeness (QED) is 0.517. The maximum atomic E-state index is 9.16. The summed E-state index contributed by atoms with van der Waals surface area (Å²) >= 11 is 0. The van der Waals surface area contributed by atoms with Crippen molar-refractivity contribution in [3.05, 3.63) is 0 Å². The van der Waals surface area contributed by atoms with Gasteiger partial charge in [-0.1, -0.05) is 39.0 Å². The number of aliphatic hydroxyl groups excluding tert-OH is 1. The third-order valence-electron chi connectivity index (χ3n) is 3.23. The van der Waals surface area contributed by atoms with Crippen molar-refractivity contribution in [1.29, 1.82) is 0 Å². The molecule has 1 rings (SSSR count). The number of nitrogens with one attached hydrogen (secondary N) is 1. The summed E-state index contributed by atoms with van der Waals surface area (Å²) < 4.78 is 5.60. The lowest BCUT2D eigenvalue weighted by Crippen LogP contribution is -2.38. The molecule has 0 bridgehead atoms. The lowest BCUT2D eigenvalue weighted by atomic mass is 10.1. The summed E-state index contributed by atoms with van der Waals surface area (Å²) in [6.07, 6.45) is 10.3. The van der Waals surface area contributed by atoms with Gasteiger partial charge in [0.1, 0.15) is 0 Å². The van der Waals surface area contributed by atoms with Gasteiger partial charge in [0, 0.05) is 12.6 Å². The Bertz CT molecular complexity index is 172. The molecule has 1 aliphatic carbocycles. The Balaban J connectivity index is 1.81. The SMILES string of the molecule is CCCCCCCCOCC(CO)NC1CC1. The van der Waals surface area contributed by atoms with Crippen LogP contribution in [0, 0.1) is 0 Å². The van der Waals surface area contributed by atoms with Crippen LogP contribution in [0.3, 0.4) is 0 Å². The first-order valence-corrected chi connectivity index (χ1v) is 7.31. The third kappa shape index (κ3) is 8.58. The second-order valence-electron chi connectivity index (χ2n) is 5.16. The van der Waals surface area contributed by atoms with E-state index >= 15 is 0 Å². The molecule has 1 atom stereocenters. The van der Waals surface area contributed by atoms with E-state index in [-0.39, 0.29) is 12.6 Å². The Labute approximate surface area is 106 Å². The van der Waals surface area contributed by atoms with Crippen LogP contribution in [0.2, 0.25) is 0 Å². The van der Waals surface area contributed by atoms with E-state index < -0.39 is 0 Å². The normalized spacial score (nSPS) is 17.3. The average molecular weight is 243 g/mol. The zero-order valence-electron chi connectivity index (χ0n) is 11.3. The van der Waals surface area contributed by atoms with Crippen LogP contribution in [-0.4, -0.2) is 37.0 Å². The van der Waals surface area contributed by atoms with Crippen molar-refractivity contribution in [2.45, 2.75) is 70.4 Å². The molecule has 1 aliphatic rings. The molecule has 2 N–H and O–H groups in total. The van der Waals surface area contributed by atoms with Gasteiger partial charge in [0.25, 0.3) is 0 Å². The Hall–Kier alpha value is -0.120. The fourth-order valence-electron chi connectivity index (χ4n) is 1.95. The minimum atomic E-state index is 0.141. The number of hydrogen-bond donors (Lipinski definition) is 2. The van der Waals surface area contributed by atoms with Gasteiger partial charge in [-0.05, 0) is 19.3 Å². The summed E-state index contributed by atoms with van der Waals surface area (Å²) in [7, 11) is 0. The van der Waals surface area contributed by atoms with E-state index in [1.165, 1.54) is 44.9 Å². The Kier molecular flexibility index (Phi) is 8.67. The van der Waals surface area contributed by atoms with Crippen molar-refractivity contribution in [2.75, 3.05) is 19.8 Å². The number of hydrogen-bond acceptors (Lipinski definition) is 3. The summed E-state index contributed by atoms with van der Waals surface area (Å²) in [5.74, 6) is 0. The highest BCUT2D eigenvalue weighted by Gasteiger charge is 2.24. The van der Waals surface area contributed by atoms with E-state index in [9.17, 15) is 0 Å². The Morgan fingerprint density at radius 1 is 1.18 bits per heavy atom. The number of rotatable bonds is 12. The van der Waals surface area contributed by atoms with Crippen LogP contribution in [0.4, 0.5) is 0 Å². The first-order valence-electron chi connectivity index (χ1n) is 7.31. The third-order valence-corrected chi connectivity index (χ3v) is 3.23. The molecule has 1 saturated carbocycles. The van der Waals surface area contributed by atoms with E-state index in [1.807, 2.05) is 0 Å². The van der Waals surface area contributed by atoms with Crippen molar-refractivity contribution in [3.63, 3.8) is 0 Å². The lowest BCUT2D eigenvalue weighted by Gasteiger charge is -2.15. The Morgan fingerprint density at radius 3 is 2.53 bits per heavy atom. The summed E-state index contributed by atoms with van der Waals surface area (Å²) in [5.41, 5.74) is 0. The maximum Gasteiger partial charge on any atom is 0.0642 e. The molecule has 0 aromatic heterocycles. The smallest absolute Gasteiger partial charge is 0.0642 e. The summed E-state index contributed by atoms with van der Waals surface area (Å²) in [6, 6.07) is 0.785. The fourth-order valence-corrected chi connectivity index (χ4v) is 1.95. The van der Waals surface area contributed by atoms with Crippen molar-refractivity contribution < 1.29 is 9.84 Å². The van der Waals surface area contributed by atoms with E-state index in [0.717, 1.165) is 13.0 Å². The molecule has 1 unspecified atom stereocenters. The van der Waals surface area contributed by atoms with Crippen LogP contribution in [-0.2, 0) is 4.74 Å². The van der Waals surface area contributed by atoms with Crippen LogP contribution in [0.5, 0.6) is 0 Å². The zero-order chi connectivity index (χ0) is 12.3. The molecule has 102 valence electrons. The van der Waals surface area contributed by atoms with E-state index in [1.54, 1.807) is 0 Å². The van der Waals surface area contributed by atoms with E-state index in [0.29, 0.717) is 12.6 Å². The summed E-state index contributed by atoms with van der Waals surface area (Å²) in [6.45, 7) is 3.93. The van der Waals surface area contributed by atoms with Gasteiger partial charge < -0.3 is 15.2 Å². The molecule has 0 aromatic carbocycles. The van der Waals surface area contributed by atoms with Crippen molar-refractivity contribution in [1.82, 2.24) is 5.32 Å². The minimum absolute atomic E-state index is 0.141. The van der Waals surface area contributed by atoms with Crippen molar-refractivity contribution >= 4 is 0 Å². The monoisotopic (exact) mass is 243 g/mol. The van der Waals surface area contributed by atoms with Crippen molar-refractivity contribution in [2.24, 2.45) is 0 Å². The molecule has 17 heavy (non-hydrogen) atoms. The van der Waals surface area contributed by atoms with Gasteiger partial charge in [0.05, 0.1) is 19.3 Å². The van der Waals surface area contributed by atoms with Crippen LogP contribution in [0.1, 0.15) is 58.3 Å². The second-order valence-corrected chi connectivity index (χ2v) is 5.16. The molecule has 1 fully saturated rings. The predicted molar refractivity (Wildman–Crippen MR) is 71.2 cm³/mol. The highest BCUT2D eigenvalue weighted by molar-refractivity contribution is 4.84. The van der Waals surface area contributed by atoms with Crippen LogP contribution >= 0.6 is 0 Å². The molecule has 3 heteroatoms. The van der Waals surface area contributed by atoms with Crippen LogP contribution in [0.25, 0.3) is 0 Å². The van der Waals surface area contributed by atoms with Gasteiger partial charge in [-0.3, -0.25) is 0 Å². The van der Waals surface area contributed by atoms with Crippen LogP contribution in [0.15, 0.2) is 0 Å². The molecule has 0 spiro atoms. The van der Waals surface area contributed by atoms with Gasteiger partial charge in [0.15, 0.2) is 0 Å². The lowest BCUT2D eigenvalue weighted by molar-refractivity contribution is 0.0854. The molecule has 0 aromatic rings. The van der Waals surface area contributed by atoms with E-state index in [4.69, 9.17) is 9.84 Å². The molecule has 0 amide bonds. The summed E-state index contributed by atoms with van der Waals surface area (Å²) in [5, 5.41) is 12.5. The van der Waals surface area contributed by atoms with Crippen molar-refractivity contribution in [3.8, 4) is 0 Å². The highest BCUT2D eigenvalue weighted by Crippen LogP contribution is 2.19. The largest absolute Gasteiger partial charge is 0.395 e. The minimum Gasteiger partial charge on any atom is -0.395 e. The maximum absolute atomic E-state index is 9.16. The average Bonchev–Trinajstić information content (AvgIpc) is 3.15. The fraction of sp³-hybridized carbons (Fsp3) is 1.00. The van der Waals surface area contributed by atoms with Gasteiger partial charge >= 0.3 is 0 Å². The zero-order valence-corrected chi connectivity index (χ0v) is 11.3. The second kappa shape index (κ2) is 9.86. The highest BCUT2D eigenvalue weighted by atomic mass is 16.5. The number of aliphatic hydroxyl groups is 1. The van der Waals surface area contributed by atoms with Crippen LogP contribution < -0.4 is 5.32 Å². The number of unbranched alkanes of at least 4 members (excludes halogenated alkanes) is 5. The standard InChI is InChI=1S/C14H29NO2/c1-2-3-4-5-6-7-10-17-12-14(11-16)15-13-8-9-13/h13-16H,2-12H2,1H3. The van der Waals surface area contributed by atoms with Gasteiger partial charge in [0.2, 0.25) is 0 Å². The predicted octanol–water partition coefficient (Wildman–Crippen LogP) is 2.48. The first kappa shape index (κ1) is 14.9. The first-order chi connectivity index (χ1) is 8.36. The van der Waals surface area contributed by atoms with Gasteiger partial charge in [-0.15, -0.1) is 0 Å². The van der Waals surface area contributed by atoms with Gasteiger partial charge in [-0.25, -0.2) is 0 Å². The van der Waals surface area contributed by atoms with Gasteiger partial charge in [-0.2, -0.15) is 0 Å². The molecule has 0 aliphatic heterocycles. The molecule has 0 saturated heterocycles. The molecule has 3 nitrogen and oxygen atoms in total.